The third-order valence-corrected chi connectivity index (χ3v) is 11.5. The van der Waals surface area contributed by atoms with Crippen molar-refractivity contribution >= 4 is 128 Å². The number of carbonyl (C=O) groups is 6. The van der Waals surface area contributed by atoms with Crippen LogP contribution in [0.5, 0.6) is 0 Å². The van der Waals surface area contributed by atoms with Crippen LogP contribution in [0.15, 0.2) is 72.8 Å². The molecular weight excluding hydrogens is 1010 g/mol. The van der Waals surface area contributed by atoms with Crippen LogP contribution in [-0.4, -0.2) is 68.6 Å². The van der Waals surface area contributed by atoms with Gasteiger partial charge in [-0.1, -0.05) is 73.9 Å². The predicted molar refractivity (Wildman–Crippen MR) is 267 cm³/mol. The molecule has 0 aliphatic carbocycles. The molecule has 0 heterocycles. The fourth-order valence-electron chi connectivity index (χ4n) is 5.83. The maximum Gasteiger partial charge on any atom is 2.00 e. The Morgan fingerprint density at radius 3 is 0.862 bits per heavy atom. The van der Waals surface area contributed by atoms with Crippen molar-refractivity contribution in [3.8, 4) is 0 Å². The third kappa shape index (κ3) is 31.1. The van der Waals surface area contributed by atoms with E-state index in [2.05, 4.69) is 91.7 Å². The standard InChI is InChI=1S/3C15H21NO3S2.Na.Zn/c3*17-14(8-4-1-5-11(21)9-10-20)16-13-7-3-2-6-12(13)15(18)19;;/h3*2-3,6-7,11,20-21H,1,4-5,8-10H2,(H,16,17)(H,18,19);;/q;;;+1;+2/p-3. The minimum Gasteiger partial charge on any atom is -0.545 e. The van der Waals surface area contributed by atoms with E-state index < -0.39 is 17.9 Å². The van der Waals surface area contributed by atoms with Gasteiger partial charge in [0, 0.05) is 68.8 Å². The molecule has 12 nitrogen and oxygen atoms in total. The van der Waals surface area contributed by atoms with Crippen LogP contribution in [0.3, 0.4) is 0 Å². The molecule has 348 valence electrons. The zero-order chi connectivity index (χ0) is 47.0. The summed E-state index contributed by atoms with van der Waals surface area (Å²) in [7, 11) is 0. The Morgan fingerprint density at radius 2 is 0.646 bits per heavy atom. The summed E-state index contributed by atoms with van der Waals surface area (Å²) in [5.41, 5.74) is 0.832. The smallest absolute Gasteiger partial charge is 0.545 e. The van der Waals surface area contributed by atoms with Crippen molar-refractivity contribution in [3.63, 3.8) is 0 Å². The molecule has 0 radical (unpaired) electrons. The minimum atomic E-state index is -1.30. The van der Waals surface area contributed by atoms with E-state index in [9.17, 15) is 44.1 Å². The second-order valence-corrected chi connectivity index (χ2v) is 17.9. The van der Waals surface area contributed by atoms with Crippen LogP contribution in [0.25, 0.3) is 0 Å². The summed E-state index contributed by atoms with van der Waals surface area (Å²) in [6, 6.07) is 18.7. The maximum absolute atomic E-state index is 11.8. The number of carboxylic acids is 3. The van der Waals surface area contributed by atoms with E-state index in [1.807, 2.05) is 0 Å². The van der Waals surface area contributed by atoms with Crippen LogP contribution in [0.4, 0.5) is 17.1 Å². The first-order chi connectivity index (χ1) is 30.1. The largest absolute Gasteiger partial charge is 2.00 e. The zero-order valence-electron chi connectivity index (χ0n) is 37.0. The van der Waals surface area contributed by atoms with E-state index in [1.165, 1.54) is 18.2 Å². The molecule has 65 heavy (non-hydrogen) atoms. The normalized spacial score (nSPS) is 11.5. The van der Waals surface area contributed by atoms with E-state index in [0.29, 0.717) is 35.0 Å². The summed E-state index contributed by atoms with van der Waals surface area (Å²) in [6.07, 6.45) is 11.8. The number of amides is 3. The van der Waals surface area contributed by atoms with Gasteiger partial charge in [0.2, 0.25) is 17.7 Å². The Labute approximate surface area is 452 Å². The van der Waals surface area contributed by atoms with Gasteiger partial charge >= 0.3 is 49.0 Å². The van der Waals surface area contributed by atoms with Crippen molar-refractivity contribution in [1.29, 1.82) is 0 Å². The first-order valence-corrected chi connectivity index (χ1v) is 24.2. The van der Waals surface area contributed by atoms with Crippen LogP contribution in [0.1, 0.15) is 127 Å². The number of hydrogen-bond donors (Lipinski definition) is 9. The molecule has 0 bridgehead atoms. The number of rotatable bonds is 27. The molecule has 20 heteroatoms. The molecule has 0 aliphatic rings. The van der Waals surface area contributed by atoms with Crippen molar-refractivity contribution in [2.24, 2.45) is 0 Å². The second kappa shape index (κ2) is 40.1. The molecule has 0 spiro atoms. The summed E-state index contributed by atoms with van der Waals surface area (Å²) in [6.45, 7) is 0. The van der Waals surface area contributed by atoms with Crippen molar-refractivity contribution in [2.45, 2.75) is 112 Å². The van der Waals surface area contributed by atoms with Crippen LogP contribution >= 0.6 is 75.8 Å². The van der Waals surface area contributed by atoms with E-state index in [1.54, 1.807) is 54.6 Å². The van der Waals surface area contributed by atoms with Gasteiger partial charge in [-0.15, -0.1) is 0 Å². The van der Waals surface area contributed by atoms with Crippen LogP contribution in [-0.2, 0) is 33.9 Å². The average molecular weight is 1070 g/mol. The van der Waals surface area contributed by atoms with Crippen LogP contribution in [0, 0.1) is 0 Å². The molecule has 0 aromatic heterocycles. The molecule has 3 aromatic rings. The zero-order valence-corrected chi connectivity index (χ0v) is 47.3. The second-order valence-electron chi connectivity index (χ2n) is 14.4. The van der Waals surface area contributed by atoms with E-state index in [4.69, 9.17) is 0 Å². The molecule has 0 saturated heterocycles. The molecular formula is C45H60N3NaO9S6Zn. The monoisotopic (exact) mass is 1070 g/mol. The number of unbranched alkanes of at least 4 members (excludes halogenated alkanes) is 3. The predicted octanol–water partition coefficient (Wildman–Crippen LogP) is 3.50. The summed E-state index contributed by atoms with van der Waals surface area (Å²) < 4.78 is 0. The van der Waals surface area contributed by atoms with Crippen LogP contribution < -0.4 is 60.8 Å². The summed E-state index contributed by atoms with van der Waals surface area (Å²) in [5.74, 6) is -2.00. The quantitative estimate of drug-likeness (QED) is 0.0311. The van der Waals surface area contributed by atoms with Crippen LogP contribution in [0.2, 0.25) is 0 Å². The number of nitrogens with one attached hydrogen (secondary N) is 3. The van der Waals surface area contributed by atoms with E-state index in [-0.39, 0.29) is 101 Å². The number of anilines is 3. The number of aromatic carboxylic acids is 3. The topological polar surface area (TPSA) is 208 Å². The summed E-state index contributed by atoms with van der Waals surface area (Å²) >= 11 is 25.7. The SMILES string of the molecule is O=C(CCCCC(S)CCS)Nc1ccccc1C(=O)[O-].O=C(CCCCC(S)CCS)Nc1ccccc1C(=O)[O-].O=C(CCCCC(S)CCS)Nc1ccccc1C(=O)[O-].[Na+].[Zn+2]. The summed E-state index contributed by atoms with van der Waals surface area (Å²) in [4.78, 5) is 68.2. The van der Waals surface area contributed by atoms with Gasteiger partial charge in [0.05, 0.1) is 17.9 Å². The van der Waals surface area contributed by atoms with Gasteiger partial charge in [0.15, 0.2) is 0 Å². The molecule has 3 rings (SSSR count). The minimum absolute atomic E-state index is 0. The van der Waals surface area contributed by atoms with E-state index in [0.717, 1.165) is 94.3 Å². The number of hydrogen-bond acceptors (Lipinski definition) is 15. The molecule has 3 amide bonds. The van der Waals surface area contributed by atoms with Gasteiger partial charge in [0.25, 0.3) is 0 Å². The molecule has 0 saturated carbocycles. The first-order valence-electron chi connectivity index (χ1n) is 20.8. The van der Waals surface area contributed by atoms with E-state index >= 15 is 0 Å². The Bertz CT molecular complexity index is 1660. The Kier molecular flexibility index (Phi) is 40.3. The molecule has 3 atom stereocenters. The molecule has 0 fully saturated rings. The molecule has 0 aliphatic heterocycles. The van der Waals surface area contributed by atoms with Crippen molar-refractivity contribution in [3.05, 3.63) is 89.5 Å². The average Bonchev–Trinajstić information content (AvgIpc) is 3.24. The number of carbonyl (C=O) groups excluding carboxylic acids is 6. The van der Waals surface area contributed by atoms with Crippen molar-refractivity contribution in [2.75, 3.05) is 33.2 Å². The number of carboxylic acid groups (broad SMARTS) is 3. The maximum atomic E-state index is 11.8. The Balaban J connectivity index is 0. The third-order valence-electron chi connectivity index (χ3n) is 9.22. The van der Waals surface area contributed by atoms with Gasteiger partial charge < -0.3 is 45.7 Å². The fraction of sp³-hybridized carbons (Fsp3) is 0.467. The van der Waals surface area contributed by atoms with Gasteiger partial charge in [-0.05, 0) is 93.2 Å². The molecule has 3 aromatic carbocycles. The molecule has 3 unspecified atom stereocenters. The van der Waals surface area contributed by atoms with Gasteiger partial charge in [-0.25, -0.2) is 0 Å². The first kappa shape index (κ1) is 65.3. The Hall–Kier alpha value is -1.80. The van der Waals surface area contributed by atoms with Crippen molar-refractivity contribution < 1.29 is 93.1 Å². The van der Waals surface area contributed by atoms with Crippen molar-refractivity contribution in [1.82, 2.24) is 0 Å². The van der Waals surface area contributed by atoms with Gasteiger partial charge in [0.1, 0.15) is 0 Å². The number of thiol groups is 6. The fourth-order valence-corrected chi connectivity index (χ4v) is 8.31. The number of para-hydroxylation sites is 3. The molecule has 3 N–H and O–H groups in total. The van der Waals surface area contributed by atoms with Gasteiger partial charge in [-0.3, -0.25) is 14.4 Å². The Morgan fingerprint density at radius 1 is 0.415 bits per heavy atom. The summed E-state index contributed by atoms with van der Waals surface area (Å²) in [5, 5.41) is 41.6. The van der Waals surface area contributed by atoms with Gasteiger partial charge in [-0.2, -0.15) is 75.8 Å². The number of benzene rings is 3.